The maximum absolute atomic E-state index is 6.10. The summed E-state index contributed by atoms with van der Waals surface area (Å²) in [5.41, 5.74) is 3.17. The van der Waals surface area contributed by atoms with E-state index >= 15 is 0 Å². The van der Waals surface area contributed by atoms with E-state index in [1.54, 1.807) is 0 Å². The van der Waals surface area contributed by atoms with Gasteiger partial charge in [-0.3, -0.25) is 0 Å². The highest BCUT2D eigenvalue weighted by molar-refractivity contribution is 6.32. The maximum atomic E-state index is 6.10. The van der Waals surface area contributed by atoms with Gasteiger partial charge in [0.05, 0.1) is 16.1 Å². The van der Waals surface area contributed by atoms with Gasteiger partial charge in [0.25, 0.3) is 0 Å². The highest BCUT2D eigenvalue weighted by Gasteiger charge is 2.13. The van der Waals surface area contributed by atoms with Crippen molar-refractivity contribution in [3.8, 4) is 5.75 Å². The van der Waals surface area contributed by atoms with E-state index in [0.717, 1.165) is 16.9 Å². The highest BCUT2D eigenvalue weighted by atomic mass is 35.5. The number of fused-ring (bicyclic) bond motifs is 1. The van der Waals surface area contributed by atoms with Gasteiger partial charge < -0.3 is 9.72 Å². The molecule has 0 fully saturated rings. The van der Waals surface area contributed by atoms with E-state index < -0.39 is 0 Å². The minimum Gasteiger partial charge on any atom is -0.481 e. The summed E-state index contributed by atoms with van der Waals surface area (Å²) in [5.74, 6) is 1.46. The first-order chi connectivity index (χ1) is 9.63. The zero-order valence-corrected chi connectivity index (χ0v) is 12.1. The number of aromatic amines is 1. The molecule has 1 aromatic heterocycles. The van der Waals surface area contributed by atoms with Gasteiger partial charge in [0.15, 0.2) is 6.10 Å². The number of H-pyrrole nitrogens is 1. The Bertz CT molecular complexity index is 751. The molecular weight excluding hydrogens is 272 g/mol. The Hall–Kier alpha value is -2.00. The first-order valence-corrected chi connectivity index (χ1v) is 6.89. The Morgan fingerprint density at radius 3 is 2.80 bits per heavy atom. The van der Waals surface area contributed by atoms with Crippen LogP contribution in [-0.4, -0.2) is 9.97 Å². The summed E-state index contributed by atoms with van der Waals surface area (Å²) in [6.07, 6.45) is -0.192. The molecule has 3 rings (SSSR count). The number of halogens is 1. The minimum atomic E-state index is -0.192. The SMILES string of the molecule is Cc1ccc2nc([C@@H](C)Oc3ccccc3Cl)[nH]c2c1. The number of benzene rings is 2. The summed E-state index contributed by atoms with van der Waals surface area (Å²) >= 11 is 6.10. The maximum Gasteiger partial charge on any atom is 0.153 e. The van der Waals surface area contributed by atoms with Crippen LogP contribution in [0, 0.1) is 6.92 Å². The quantitative estimate of drug-likeness (QED) is 0.760. The van der Waals surface area contributed by atoms with Crippen LogP contribution in [0.5, 0.6) is 5.75 Å². The van der Waals surface area contributed by atoms with Crippen LogP contribution in [0.2, 0.25) is 5.02 Å². The number of nitrogens with one attached hydrogen (secondary N) is 1. The molecule has 0 aliphatic rings. The summed E-state index contributed by atoms with van der Waals surface area (Å²) in [6, 6.07) is 13.6. The van der Waals surface area contributed by atoms with Gasteiger partial charge >= 0.3 is 0 Å². The molecule has 0 saturated carbocycles. The number of aromatic nitrogens is 2. The van der Waals surface area contributed by atoms with Gasteiger partial charge in [-0.05, 0) is 43.7 Å². The molecule has 3 aromatic rings. The molecule has 2 aromatic carbocycles. The van der Waals surface area contributed by atoms with E-state index in [4.69, 9.17) is 16.3 Å². The topological polar surface area (TPSA) is 37.9 Å². The van der Waals surface area contributed by atoms with Crippen LogP contribution in [-0.2, 0) is 0 Å². The van der Waals surface area contributed by atoms with Gasteiger partial charge in [-0.2, -0.15) is 0 Å². The molecule has 0 amide bonds. The molecule has 0 radical (unpaired) electrons. The van der Waals surface area contributed by atoms with E-state index in [1.807, 2.05) is 43.3 Å². The number of para-hydroxylation sites is 1. The largest absolute Gasteiger partial charge is 0.481 e. The number of imidazole rings is 1. The molecule has 0 aliphatic heterocycles. The fraction of sp³-hybridized carbons (Fsp3) is 0.188. The third kappa shape index (κ3) is 2.49. The Labute approximate surface area is 122 Å². The molecule has 4 heteroatoms. The van der Waals surface area contributed by atoms with E-state index in [-0.39, 0.29) is 6.10 Å². The molecule has 1 N–H and O–H groups in total. The van der Waals surface area contributed by atoms with Gasteiger partial charge in [0, 0.05) is 0 Å². The second-order valence-electron chi connectivity index (χ2n) is 4.83. The monoisotopic (exact) mass is 286 g/mol. The fourth-order valence-corrected chi connectivity index (χ4v) is 2.30. The lowest BCUT2D eigenvalue weighted by atomic mass is 10.2. The van der Waals surface area contributed by atoms with Gasteiger partial charge in [-0.1, -0.05) is 29.8 Å². The lowest BCUT2D eigenvalue weighted by Gasteiger charge is -2.13. The standard InChI is InChI=1S/C16H15ClN2O/c1-10-7-8-13-14(9-10)19-16(18-13)11(2)20-15-6-4-3-5-12(15)17/h3-9,11H,1-2H3,(H,18,19)/t11-/m1/s1. The van der Waals surface area contributed by atoms with Crippen molar-refractivity contribution in [3.63, 3.8) is 0 Å². The van der Waals surface area contributed by atoms with Crippen LogP contribution < -0.4 is 4.74 Å². The third-order valence-electron chi connectivity index (χ3n) is 3.18. The van der Waals surface area contributed by atoms with Crippen LogP contribution in [0.25, 0.3) is 11.0 Å². The summed E-state index contributed by atoms with van der Waals surface area (Å²) in [5, 5.41) is 0.603. The van der Waals surface area contributed by atoms with Crippen LogP contribution >= 0.6 is 11.6 Å². The zero-order valence-electron chi connectivity index (χ0n) is 11.4. The predicted octanol–water partition coefficient (Wildman–Crippen LogP) is 4.66. The predicted molar refractivity (Wildman–Crippen MR) is 81.3 cm³/mol. The summed E-state index contributed by atoms with van der Waals surface area (Å²) in [6.45, 7) is 4.01. The van der Waals surface area contributed by atoms with Crippen molar-refractivity contribution in [1.29, 1.82) is 0 Å². The van der Waals surface area contributed by atoms with Crippen LogP contribution in [0.4, 0.5) is 0 Å². The van der Waals surface area contributed by atoms with Crippen LogP contribution in [0.1, 0.15) is 24.4 Å². The molecule has 0 saturated heterocycles. The summed E-state index contributed by atoms with van der Waals surface area (Å²) < 4.78 is 5.87. The number of ether oxygens (including phenoxy) is 1. The van der Waals surface area contributed by atoms with Crippen molar-refractivity contribution >= 4 is 22.6 Å². The molecule has 0 spiro atoms. The van der Waals surface area contributed by atoms with Crippen molar-refractivity contribution in [2.75, 3.05) is 0 Å². The number of hydrogen-bond donors (Lipinski definition) is 1. The second kappa shape index (κ2) is 5.17. The fourth-order valence-electron chi connectivity index (χ4n) is 2.12. The molecule has 0 unspecified atom stereocenters. The van der Waals surface area contributed by atoms with Crippen LogP contribution in [0.15, 0.2) is 42.5 Å². The van der Waals surface area contributed by atoms with Gasteiger partial charge in [0.2, 0.25) is 0 Å². The Balaban J connectivity index is 1.89. The number of rotatable bonds is 3. The average molecular weight is 287 g/mol. The molecule has 3 nitrogen and oxygen atoms in total. The first-order valence-electron chi connectivity index (χ1n) is 6.51. The molecule has 0 bridgehead atoms. The van der Waals surface area contributed by atoms with E-state index in [2.05, 4.69) is 23.0 Å². The highest BCUT2D eigenvalue weighted by Crippen LogP contribution is 2.28. The Morgan fingerprint density at radius 1 is 1.20 bits per heavy atom. The lowest BCUT2D eigenvalue weighted by molar-refractivity contribution is 0.218. The van der Waals surface area contributed by atoms with Crippen molar-refractivity contribution in [1.82, 2.24) is 9.97 Å². The van der Waals surface area contributed by atoms with Crippen molar-refractivity contribution in [2.24, 2.45) is 0 Å². The summed E-state index contributed by atoms with van der Waals surface area (Å²) in [7, 11) is 0. The minimum absolute atomic E-state index is 0.192. The van der Waals surface area contributed by atoms with Crippen molar-refractivity contribution < 1.29 is 4.74 Å². The van der Waals surface area contributed by atoms with Gasteiger partial charge in [-0.25, -0.2) is 4.98 Å². The molecule has 20 heavy (non-hydrogen) atoms. The van der Waals surface area contributed by atoms with Gasteiger partial charge in [0.1, 0.15) is 11.6 Å². The summed E-state index contributed by atoms with van der Waals surface area (Å²) in [4.78, 5) is 7.85. The smallest absolute Gasteiger partial charge is 0.153 e. The number of nitrogens with zero attached hydrogens (tertiary/aromatic N) is 1. The van der Waals surface area contributed by atoms with Crippen molar-refractivity contribution in [3.05, 3.63) is 58.9 Å². The number of hydrogen-bond acceptors (Lipinski definition) is 2. The third-order valence-corrected chi connectivity index (χ3v) is 3.49. The number of aryl methyl sites for hydroxylation is 1. The van der Waals surface area contributed by atoms with E-state index in [0.29, 0.717) is 10.8 Å². The second-order valence-corrected chi connectivity index (χ2v) is 5.24. The molecule has 0 aliphatic carbocycles. The van der Waals surface area contributed by atoms with Gasteiger partial charge in [-0.15, -0.1) is 0 Å². The van der Waals surface area contributed by atoms with Crippen molar-refractivity contribution in [2.45, 2.75) is 20.0 Å². The zero-order chi connectivity index (χ0) is 14.1. The Morgan fingerprint density at radius 2 is 2.00 bits per heavy atom. The lowest BCUT2D eigenvalue weighted by Crippen LogP contribution is -2.05. The molecule has 102 valence electrons. The first kappa shape index (κ1) is 13.0. The Kier molecular flexibility index (Phi) is 3.36. The molecule has 1 heterocycles. The van der Waals surface area contributed by atoms with Crippen LogP contribution in [0.3, 0.4) is 0 Å². The normalized spacial score (nSPS) is 12.6. The average Bonchev–Trinajstić information content (AvgIpc) is 2.84. The molecular formula is C16H15ClN2O. The molecule has 1 atom stereocenters. The van der Waals surface area contributed by atoms with E-state index in [1.165, 1.54) is 5.56 Å². The van der Waals surface area contributed by atoms with E-state index in [9.17, 15) is 0 Å².